The molecule has 1 aromatic heterocycles. The molecule has 0 fully saturated rings. The second kappa shape index (κ2) is 9.45. The lowest BCUT2D eigenvalue weighted by Crippen LogP contribution is -2.40. The van der Waals surface area contributed by atoms with Crippen molar-refractivity contribution in [2.24, 2.45) is 0 Å². The summed E-state index contributed by atoms with van der Waals surface area (Å²) in [5.74, 6) is 0.382. The molecule has 30 heavy (non-hydrogen) atoms. The first kappa shape index (κ1) is 22.1. The molecule has 2 heterocycles. The van der Waals surface area contributed by atoms with Crippen molar-refractivity contribution in [3.05, 3.63) is 58.7 Å². The Labute approximate surface area is 182 Å². The highest BCUT2D eigenvalue weighted by molar-refractivity contribution is 6.34. The predicted molar refractivity (Wildman–Crippen MR) is 119 cm³/mol. The van der Waals surface area contributed by atoms with Gasteiger partial charge in [0.25, 0.3) is 5.91 Å². The van der Waals surface area contributed by atoms with Gasteiger partial charge in [-0.3, -0.25) is 9.59 Å². The molecular formula is C22H28ClN5O2. The molecule has 1 aliphatic heterocycles. The number of likely N-dealkylation sites (N-methyl/N-ethyl adjacent to an activating group) is 1. The topological polar surface area (TPSA) is 70.5 Å². The van der Waals surface area contributed by atoms with Crippen LogP contribution in [0.5, 0.6) is 0 Å². The molecule has 0 saturated carbocycles. The van der Waals surface area contributed by atoms with Gasteiger partial charge in [0.1, 0.15) is 11.5 Å². The van der Waals surface area contributed by atoms with Gasteiger partial charge in [-0.15, -0.1) is 0 Å². The molecule has 7 nitrogen and oxygen atoms in total. The van der Waals surface area contributed by atoms with E-state index in [1.807, 2.05) is 37.6 Å². The zero-order valence-corrected chi connectivity index (χ0v) is 18.6. The summed E-state index contributed by atoms with van der Waals surface area (Å²) in [5, 5.41) is 3.35. The average Bonchev–Trinajstić information content (AvgIpc) is 3.14. The van der Waals surface area contributed by atoms with Crippen molar-refractivity contribution in [2.75, 3.05) is 32.0 Å². The van der Waals surface area contributed by atoms with Gasteiger partial charge < -0.3 is 19.7 Å². The van der Waals surface area contributed by atoms with Gasteiger partial charge in [0.15, 0.2) is 0 Å². The fraction of sp³-hybridized carbons (Fsp3) is 0.409. The number of halogens is 1. The van der Waals surface area contributed by atoms with E-state index in [-0.39, 0.29) is 17.9 Å². The minimum atomic E-state index is -0.270. The highest BCUT2D eigenvalue weighted by atomic mass is 35.5. The molecule has 2 aromatic rings. The number of anilines is 1. The largest absolute Gasteiger partial charge is 0.330 e. The zero-order valence-electron chi connectivity index (χ0n) is 17.9. The Morgan fingerprint density at radius 2 is 2.17 bits per heavy atom. The number of nitrogens with one attached hydrogen (secondary N) is 1. The number of carbonyl (C=O) groups excluding carboxylic acids is 2. The predicted octanol–water partition coefficient (Wildman–Crippen LogP) is 3.51. The summed E-state index contributed by atoms with van der Waals surface area (Å²) >= 11 is 6.24. The van der Waals surface area contributed by atoms with Crippen molar-refractivity contribution >= 4 is 29.1 Å². The molecule has 0 radical (unpaired) electrons. The molecule has 0 unspecified atom stereocenters. The Morgan fingerprint density at radius 3 is 2.87 bits per heavy atom. The van der Waals surface area contributed by atoms with Crippen molar-refractivity contribution in [3.63, 3.8) is 0 Å². The van der Waals surface area contributed by atoms with E-state index in [1.165, 1.54) is 0 Å². The summed E-state index contributed by atoms with van der Waals surface area (Å²) < 4.78 is 1.90. The lowest BCUT2D eigenvalue weighted by atomic mass is 10.2. The van der Waals surface area contributed by atoms with E-state index in [1.54, 1.807) is 29.3 Å². The van der Waals surface area contributed by atoms with Crippen LogP contribution in [-0.2, 0) is 11.3 Å². The number of carbonyl (C=O) groups is 2. The number of benzene rings is 1. The monoisotopic (exact) mass is 429 g/mol. The van der Waals surface area contributed by atoms with Crippen LogP contribution in [0.1, 0.15) is 41.8 Å². The lowest BCUT2D eigenvalue weighted by molar-refractivity contribution is -0.128. The SMILES string of the molecule is CCN(C)C/C=C/C(=O)N1Cc2ncc(C(=O)Nc3ccc(C)cc3Cl)n2[C@H](C)C1. The van der Waals surface area contributed by atoms with E-state index in [4.69, 9.17) is 11.6 Å². The molecule has 0 saturated heterocycles. The van der Waals surface area contributed by atoms with Crippen molar-refractivity contribution in [1.29, 1.82) is 0 Å². The summed E-state index contributed by atoms with van der Waals surface area (Å²) in [4.78, 5) is 33.7. The Bertz CT molecular complexity index is 968. The van der Waals surface area contributed by atoms with E-state index < -0.39 is 0 Å². The summed E-state index contributed by atoms with van der Waals surface area (Å²) in [6, 6.07) is 5.42. The van der Waals surface area contributed by atoms with Gasteiger partial charge in [-0.05, 0) is 45.1 Å². The minimum absolute atomic E-state index is 0.0435. The van der Waals surface area contributed by atoms with E-state index in [2.05, 4.69) is 22.1 Å². The number of fused-ring (bicyclic) bond motifs is 1. The minimum Gasteiger partial charge on any atom is -0.330 e. The molecule has 1 N–H and O–H groups in total. The van der Waals surface area contributed by atoms with E-state index in [9.17, 15) is 9.59 Å². The Hall–Kier alpha value is -2.64. The number of hydrogen-bond donors (Lipinski definition) is 1. The highest BCUT2D eigenvalue weighted by Crippen LogP contribution is 2.26. The van der Waals surface area contributed by atoms with Crippen LogP contribution in [-0.4, -0.2) is 57.8 Å². The lowest BCUT2D eigenvalue weighted by Gasteiger charge is -2.32. The summed E-state index contributed by atoms with van der Waals surface area (Å²) in [6.07, 6.45) is 5.05. The van der Waals surface area contributed by atoms with Gasteiger partial charge in [-0.25, -0.2) is 4.98 Å². The molecule has 3 rings (SSSR count). The first-order valence-electron chi connectivity index (χ1n) is 10.1. The van der Waals surface area contributed by atoms with Gasteiger partial charge >= 0.3 is 0 Å². The van der Waals surface area contributed by atoms with Gasteiger partial charge in [0, 0.05) is 19.2 Å². The van der Waals surface area contributed by atoms with Crippen molar-refractivity contribution in [2.45, 2.75) is 33.4 Å². The third-order valence-electron chi connectivity index (χ3n) is 5.27. The van der Waals surface area contributed by atoms with E-state index in [0.717, 1.165) is 18.7 Å². The van der Waals surface area contributed by atoms with Crippen LogP contribution in [0.15, 0.2) is 36.5 Å². The molecule has 0 bridgehead atoms. The first-order valence-corrected chi connectivity index (χ1v) is 10.5. The van der Waals surface area contributed by atoms with Crippen LogP contribution in [0.3, 0.4) is 0 Å². The summed E-state index contributed by atoms with van der Waals surface area (Å²) in [5.41, 5.74) is 2.04. The number of rotatable bonds is 6. The molecule has 0 aliphatic carbocycles. The van der Waals surface area contributed by atoms with Gasteiger partial charge in [-0.1, -0.05) is 30.7 Å². The molecule has 1 atom stereocenters. The maximum atomic E-state index is 12.9. The number of hydrogen-bond acceptors (Lipinski definition) is 4. The normalized spacial score (nSPS) is 16.2. The Balaban J connectivity index is 1.72. The Morgan fingerprint density at radius 1 is 1.40 bits per heavy atom. The second-order valence-electron chi connectivity index (χ2n) is 7.69. The van der Waals surface area contributed by atoms with Crippen molar-refractivity contribution in [1.82, 2.24) is 19.4 Å². The molecule has 8 heteroatoms. The summed E-state index contributed by atoms with van der Waals surface area (Å²) in [7, 11) is 2.00. The fourth-order valence-corrected chi connectivity index (χ4v) is 3.74. The van der Waals surface area contributed by atoms with E-state index >= 15 is 0 Å². The highest BCUT2D eigenvalue weighted by Gasteiger charge is 2.29. The smallest absolute Gasteiger partial charge is 0.273 e. The van der Waals surface area contributed by atoms with Gasteiger partial charge in [0.2, 0.25) is 5.91 Å². The standard InChI is InChI=1S/C22H28ClN5O2/c1-5-26(4)10-6-7-21(29)27-13-16(3)28-19(12-24-20(28)14-27)22(30)25-18-9-8-15(2)11-17(18)23/h6-9,11-12,16H,5,10,13-14H2,1-4H3,(H,25,30)/b7-6+/t16-/m1/s1. The van der Waals surface area contributed by atoms with Crippen molar-refractivity contribution in [3.8, 4) is 0 Å². The Kier molecular flexibility index (Phi) is 6.95. The van der Waals surface area contributed by atoms with Crippen LogP contribution in [0.2, 0.25) is 5.02 Å². The zero-order chi connectivity index (χ0) is 21.8. The van der Waals surface area contributed by atoms with Gasteiger partial charge in [-0.2, -0.15) is 0 Å². The first-order chi connectivity index (χ1) is 14.3. The van der Waals surface area contributed by atoms with Crippen LogP contribution in [0.25, 0.3) is 0 Å². The third-order valence-corrected chi connectivity index (χ3v) is 5.58. The van der Waals surface area contributed by atoms with E-state index in [0.29, 0.717) is 35.3 Å². The molecule has 0 spiro atoms. The molecule has 2 amide bonds. The fourth-order valence-electron chi connectivity index (χ4n) is 3.46. The number of aromatic nitrogens is 2. The third kappa shape index (κ3) is 4.91. The number of imidazole rings is 1. The second-order valence-corrected chi connectivity index (χ2v) is 8.10. The van der Waals surface area contributed by atoms with Crippen LogP contribution in [0.4, 0.5) is 5.69 Å². The van der Waals surface area contributed by atoms with Crippen LogP contribution in [0, 0.1) is 6.92 Å². The maximum absolute atomic E-state index is 12.9. The number of amides is 2. The number of aryl methyl sites for hydroxylation is 1. The molecular weight excluding hydrogens is 402 g/mol. The molecule has 1 aliphatic rings. The van der Waals surface area contributed by atoms with Crippen LogP contribution < -0.4 is 5.32 Å². The molecule has 1 aromatic carbocycles. The number of nitrogens with zero attached hydrogens (tertiary/aromatic N) is 4. The molecule has 160 valence electrons. The maximum Gasteiger partial charge on any atom is 0.273 e. The van der Waals surface area contributed by atoms with Crippen LogP contribution >= 0.6 is 11.6 Å². The quantitative estimate of drug-likeness (QED) is 0.713. The summed E-state index contributed by atoms with van der Waals surface area (Å²) in [6.45, 7) is 8.53. The average molecular weight is 430 g/mol. The van der Waals surface area contributed by atoms with Gasteiger partial charge in [0.05, 0.1) is 29.5 Å². The van der Waals surface area contributed by atoms with Crippen molar-refractivity contribution < 1.29 is 9.59 Å².